The summed E-state index contributed by atoms with van der Waals surface area (Å²) in [5.41, 5.74) is 0. The maximum absolute atomic E-state index is 8.94. The van der Waals surface area contributed by atoms with Gasteiger partial charge in [-0.15, -0.1) is 0 Å². The zero-order valence-corrected chi connectivity index (χ0v) is 8.32. The van der Waals surface area contributed by atoms with Crippen LogP contribution in [0.15, 0.2) is 0 Å². The Labute approximate surface area is 80.1 Å². The number of nitrogens with one attached hydrogen (secondary N) is 1. The van der Waals surface area contributed by atoms with Crippen molar-refractivity contribution < 1.29 is 63.0 Å². The molecule has 0 atom stereocenters. The van der Waals surface area contributed by atoms with Gasteiger partial charge in [0.05, 0.1) is 0 Å². The maximum atomic E-state index is 8.94. The first-order valence-corrected chi connectivity index (χ1v) is 0.954. The van der Waals surface area contributed by atoms with Gasteiger partial charge in [-0.25, -0.2) is 0 Å². The fourth-order valence-electron chi connectivity index (χ4n) is 0. The van der Waals surface area contributed by atoms with Gasteiger partial charge in [-0.1, -0.05) is 0 Å². The largest absolute Gasteiger partial charge is 1.00 e. The third kappa shape index (κ3) is 10.9. The van der Waals surface area contributed by atoms with Crippen molar-refractivity contribution in [3.63, 3.8) is 0 Å². The minimum Gasteiger partial charge on any atom is -0.532 e. The van der Waals surface area contributed by atoms with Gasteiger partial charge in [0.15, 0.2) is 0 Å². The van der Waals surface area contributed by atoms with Crippen molar-refractivity contribution in [1.82, 2.24) is 5.32 Å². The predicted octanol–water partition coefficient (Wildman–Crippen LogP) is -3.72. The second-order valence-corrected chi connectivity index (χ2v) is 0.352. The zero-order valence-electron chi connectivity index (χ0n) is 3.41. The third-order valence-electron chi connectivity index (χ3n) is 0.102. The van der Waals surface area contributed by atoms with E-state index in [1.807, 2.05) is 0 Å². The maximum Gasteiger partial charge on any atom is 1.00 e. The quantitative estimate of drug-likeness (QED) is 0.297. The molecule has 0 saturated carbocycles. The predicted molar refractivity (Wildman–Crippen MR) is 14.8 cm³/mol. The topological polar surface area (TPSA) is 29.1 Å². The second kappa shape index (κ2) is 8.99. The van der Waals surface area contributed by atoms with Crippen LogP contribution in [-0.4, -0.2) is 13.5 Å². The van der Waals surface area contributed by atoms with Gasteiger partial charge in [0, 0.05) is 0 Å². The monoisotopic (exact) mass is 143 g/mol. The fraction of sp³-hybridized carbons (Fsp3) is 0.500. The van der Waals surface area contributed by atoms with Gasteiger partial charge in [0.25, 0.3) is 0 Å². The van der Waals surface area contributed by atoms with Crippen molar-refractivity contribution in [2.75, 3.05) is 7.05 Å². The van der Waals surface area contributed by atoms with E-state index in [9.17, 15) is 0 Å². The summed E-state index contributed by atoms with van der Waals surface area (Å²) >= 11 is 0. The Morgan fingerprint density at radius 3 is 2.00 bits per heavy atom. The van der Waals surface area contributed by atoms with Gasteiger partial charge >= 0.3 is 58.2 Å². The molecule has 0 spiro atoms. The summed E-state index contributed by atoms with van der Waals surface area (Å²) in [6.07, 6.45) is 1.43. The summed E-state index contributed by atoms with van der Waals surface area (Å²) in [7, 11) is 1.51. The Bertz CT molecular complexity index is 23.6. The summed E-state index contributed by atoms with van der Waals surface area (Å²) < 4.78 is 0. The van der Waals surface area contributed by atoms with E-state index >= 15 is 0 Å². The number of carbonyl (C=O) groups excluding carboxylic acids is 1. The first-order chi connectivity index (χ1) is 1.91. The molecule has 0 rings (SSSR count). The molecule has 0 aromatic rings. The molecule has 0 radical (unpaired) electrons. The van der Waals surface area contributed by atoms with E-state index in [0.717, 1.165) is 0 Å². The molecule has 1 amide bonds. The van der Waals surface area contributed by atoms with Gasteiger partial charge in [-0.2, -0.15) is 6.41 Å². The van der Waals surface area contributed by atoms with Gasteiger partial charge < -0.3 is 10.1 Å². The molecule has 3 heteroatoms. The van der Waals surface area contributed by atoms with Gasteiger partial charge in [0.2, 0.25) is 0 Å². The zero-order chi connectivity index (χ0) is 3.41. The molecule has 0 heterocycles. The first kappa shape index (κ1) is 9.55. The fourth-order valence-corrected chi connectivity index (χ4v) is 0. The van der Waals surface area contributed by atoms with Crippen LogP contribution in [-0.2, 0) is 4.79 Å². The number of rotatable bonds is 1. The molecule has 0 bridgehead atoms. The van der Waals surface area contributed by atoms with Crippen molar-refractivity contribution in [3.8, 4) is 0 Å². The van der Waals surface area contributed by atoms with E-state index in [1.165, 1.54) is 13.5 Å². The van der Waals surface area contributed by atoms with E-state index in [4.69, 9.17) is 4.79 Å². The Balaban J connectivity index is 0. The van der Waals surface area contributed by atoms with Crippen LogP contribution in [0.1, 0.15) is 0 Å². The van der Waals surface area contributed by atoms with Gasteiger partial charge in [-0.3, -0.25) is 0 Å². The Morgan fingerprint density at radius 2 is 2.00 bits per heavy atom. The minimum absolute atomic E-state index is 0. The molecule has 0 fully saturated rings. The SMILES string of the molecule is CN[C-]=O.[Rb+]. The first-order valence-electron chi connectivity index (χ1n) is 0.954. The van der Waals surface area contributed by atoms with Crippen molar-refractivity contribution >= 4 is 6.41 Å². The van der Waals surface area contributed by atoms with Crippen LogP contribution in [0.25, 0.3) is 0 Å². The number of hydrogen-bond acceptors (Lipinski definition) is 1. The standard InChI is InChI=1S/C2H4NO.Rb/c1-3-2-4;/h1H3,(H,3,4);/q-1;+1. The van der Waals surface area contributed by atoms with Crippen molar-refractivity contribution in [1.29, 1.82) is 0 Å². The molecule has 0 aromatic carbocycles. The molecule has 0 unspecified atom stereocenters. The van der Waals surface area contributed by atoms with Gasteiger partial charge in [-0.05, 0) is 7.05 Å². The van der Waals surface area contributed by atoms with Crippen LogP contribution in [0.5, 0.6) is 0 Å². The molecule has 0 aliphatic heterocycles. The molecule has 0 aliphatic carbocycles. The van der Waals surface area contributed by atoms with Crippen LogP contribution >= 0.6 is 0 Å². The van der Waals surface area contributed by atoms with E-state index in [2.05, 4.69) is 5.32 Å². The Morgan fingerprint density at radius 1 is 1.80 bits per heavy atom. The third-order valence-corrected chi connectivity index (χ3v) is 0.102. The minimum atomic E-state index is 0. The summed E-state index contributed by atoms with van der Waals surface area (Å²) in [6, 6.07) is 0. The van der Waals surface area contributed by atoms with Crippen LogP contribution in [0.2, 0.25) is 0 Å². The molecule has 1 N–H and O–H groups in total. The molecule has 0 aromatic heterocycles. The van der Waals surface area contributed by atoms with Crippen molar-refractivity contribution in [2.45, 2.75) is 0 Å². The molecule has 5 heavy (non-hydrogen) atoms. The van der Waals surface area contributed by atoms with Crippen LogP contribution < -0.4 is 63.5 Å². The molecular weight excluding hydrogens is 139 g/mol. The summed E-state index contributed by atoms with van der Waals surface area (Å²) in [5, 5.41) is 2.12. The van der Waals surface area contributed by atoms with E-state index < -0.39 is 0 Å². The average molecular weight is 144 g/mol. The Hall–Kier alpha value is 1.28. The van der Waals surface area contributed by atoms with Crippen molar-refractivity contribution in [3.05, 3.63) is 0 Å². The number of hydrogen-bond donors (Lipinski definition) is 1. The summed E-state index contributed by atoms with van der Waals surface area (Å²) in [6.45, 7) is 0. The van der Waals surface area contributed by atoms with Gasteiger partial charge in [0.1, 0.15) is 0 Å². The van der Waals surface area contributed by atoms with Crippen LogP contribution in [0, 0.1) is 0 Å². The average Bonchev–Trinajstić information content (AvgIpc) is 1.37. The summed E-state index contributed by atoms with van der Waals surface area (Å²) in [5.74, 6) is 0. The normalized spacial score (nSPS) is 4.20. The molecule has 24 valence electrons. The van der Waals surface area contributed by atoms with E-state index in [1.54, 1.807) is 0 Å². The van der Waals surface area contributed by atoms with E-state index in [-0.39, 0.29) is 58.2 Å². The van der Waals surface area contributed by atoms with Crippen molar-refractivity contribution in [2.24, 2.45) is 0 Å². The molecule has 2 nitrogen and oxygen atoms in total. The molecule has 0 aliphatic rings. The molecular formula is C2H4NORb. The summed E-state index contributed by atoms with van der Waals surface area (Å²) in [4.78, 5) is 8.94. The second-order valence-electron chi connectivity index (χ2n) is 0.352. The Kier molecular flexibility index (Phi) is 17.2. The van der Waals surface area contributed by atoms with Crippen LogP contribution in [0.3, 0.4) is 0 Å². The smallest absolute Gasteiger partial charge is 0.532 e. The number of amides is 1. The van der Waals surface area contributed by atoms with Crippen LogP contribution in [0.4, 0.5) is 0 Å². The van der Waals surface area contributed by atoms with E-state index in [0.29, 0.717) is 0 Å². The molecule has 0 saturated heterocycles.